The highest BCUT2D eigenvalue weighted by Crippen LogP contribution is 2.25. The van der Waals surface area contributed by atoms with Gasteiger partial charge in [0, 0.05) is 4.47 Å². The van der Waals surface area contributed by atoms with E-state index in [1.807, 2.05) is 24.3 Å². The van der Waals surface area contributed by atoms with Crippen LogP contribution < -0.4 is 0 Å². The van der Waals surface area contributed by atoms with Crippen molar-refractivity contribution >= 4 is 37.8 Å². The summed E-state index contributed by atoms with van der Waals surface area (Å²) < 4.78 is 20.7. The van der Waals surface area contributed by atoms with Crippen LogP contribution in [0.4, 0.5) is 0 Å². The van der Waals surface area contributed by atoms with E-state index in [9.17, 15) is 4.21 Å². The van der Waals surface area contributed by atoms with Crippen molar-refractivity contribution in [2.24, 2.45) is 0 Å². The van der Waals surface area contributed by atoms with Crippen LogP contribution >= 0.6 is 15.9 Å². The lowest BCUT2D eigenvalue weighted by Gasteiger charge is -2.01. The van der Waals surface area contributed by atoms with Crippen LogP contribution in [0, 0.1) is 0 Å². The first kappa shape index (κ1) is 9.83. The zero-order chi connectivity index (χ0) is 10.1. The Morgan fingerprint density at radius 2 is 2.00 bits per heavy atom. The van der Waals surface area contributed by atoms with Crippen molar-refractivity contribution in [3.63, 3.8) is 0 Å². The molecule has 2 rings (SSSR count). The highest BCUT2D eigenvalue weighted by Gasteiger charge is 2.02. The maximum atomic E-state index is 10.8. The standard InChI is InChI=1S/C10H7BrO2S/c11-10-3-1-2-7-6-8(14(12)13)4-5-9(7)10/h1-6H,(H,12,13). The number of hydrogen-bond acceptors (Lipinski definition) is 1. The molecule has 2 aromatic carbocycles. The molecule has 0 aliphatic heterocycles. The van der Waals surface area contributed by atoms with Gasteiger partial charge < -0.3 is 4.55 Å². The molecule has 0 bridgehead atoms. The topological polar surface area (TPSA) is 37.3 Å². The molecule has 0 aromatic heterocycles. The molecular weight excluding hydrogens is 264 g/mol. The fourth-order valence-corrected chi connectivity index (χ4v) is 2.26. The molecule has 0 saturated heterocycles. The first-order chi connectivity index (χ1) is 6.68. The van der Waals surface area contributed by atoms with Gasteiger partial charge in [0.25, 0.3) is 0 Å². The summed E-state index contributed by atoms with van der Waals surface area (Å²) in [4.78, 5) is 0.426. The summed E-state index contributed by atoms with van der Waals surface area (Å²) >= 11 is 1.51. The number of rotatable bonds is 1. The van der Waals surface area contributed by atoms with E-state index in [1.54, 1.807) is 12.1 Å². The van der Waals surface area contributed by atoms with E-state index in [1.165, 1.54) is 0 Å². The molecule has 0 fully saturated rings. The maximum absolute atomic E-state index is 10.8. The largest absolute Gasteiger partial charge is 0.302 e. The third kappa shape index (κ3) is 1.73. The second-order valence-electron chi connectivity index (χ2n) is 2.87. The molecule has 1 unspecified atom stereocenters. The van der Waals surface area contributed by atoms with E-state index in [2.05, 4.69) is 15.9 Å². The fourth-order valence-electron chi connectivity index (χ4n) is 1.33. The normalized spacial score (nSPS) is 13.0. The lowest BCUT2D eigenvalue weighted by molar-refractivity contribution is 0.564. The molecule has 0 amide bonds. The van der Waals surface area contributed by atoms with Crippen molar-refractivity contribution in [3.05, 3.63) is 40.9 Å². The van der Waals surface area contributed by atoms with Gasteiger partial charge in [-0.2, -0.15) is 0 Å². The second-order valence-corrected chi connectivity index (χ2v) is 4.70. The van der Waals surface area contributed by atoms with Crippen molar-refractivity contribution < 1.29 is 8.76 Å². The quantitative estimate of drug-likeness (QED) is 0.809. The van der Waals surface area contributed by atoms with Crippen LogP contribution in [-0.4, -0.2) is 8.76 Å². The molecule has 4 heteroatoms. The van der Waals surface area contributed by atoms with Crippen LogP contribution in [0.5, 0.6) is 0 Å². The van der Waals surface area contributed by atoms with Crippen LogP contribution in [-0.2, 0) is 11.1 Å². The highest BCUT2D eigenvalue weighted by molar-refractivity contribution is 9.10. The molecule has 72 valence electrons. The van der Waals surface area contributed by atoms with Gasteiger partial charge in [0.15, 0.2) is 11.1 Å². The molecular formula is C10H7BrO2S. The Hall–Kier alpha value is -0.710. The molecule has 2 aromatic rings. The first-order valence-corrected chi connectivity index (χ1v) is 5.87. The Kier molecular flexibility index (Phi) is 2.67. The van der Waals surface area contributed by atoms with E-state index in [0.29, 0.717) is 4.90 Å². The molecule has 1 N–H and O–H groups in total. The molecule has 0 saturated carbocycles. The van der Waals surface area contributed by atoms with Gasteiger partial charge >= 0.3 is 0 Å². The molecule has 0 spiro atoms. The second kappa shape index (κ2) is 3.81. The van der Waals surface area contributed by atoms with Crippen molar-refractivity contribution in [3.8, 4) is 0 Å². The third-order valence-electron chi connectivity index (χ3n) is 2.00. The number of fused-ring (bicyclic) bond motifs is 1. The van der Waals surface area contributed by atoms with Gasteiger partial charge in [-0.1, -0.05) is 34.1 Å². The van der Waals surface area contributed by atoms with Crippen molar-refractivity contribution in [1.82, 2.24) is 0 Å². The summed E-state index contributed by atoms with van der Waals surface area (Å²) in [5, 5.41) is 2.00. The Balaban J connectivity index is 2.73. The molecule has 1 atom stereocenters. The molecule has 14 heavy (non-hydrogen) atoms. The number of hydrogen-bond donors (Lipinski definition) is 1. The van der Waals surface area contributed by atoms with Crippen LogP contribution in [0.3, 0.4) is 0 Å². The number of halogens is 1. The summed E-state index contributed by atoms with van der Waals surface area (Å²) in [6.45, 7) is 0. The Labute approximate surface area is 92.4 Å². The minimum atomic E-state index is -1.91. The summed E-state index contributed by atoms with van der Waals surface area (Å²) in [5.41, 5.74) is 0. The zero-order valence-electron chi connectivity index (χ0n) is 7.11. The first-order valence-electron chi connectivity index (χ1n) is 3.97. The van der Waals surface area contributed by atoms with E-state index in [4.69, 9.17) is 4.55 Å². The fraction of sp³-hybridized carbons (Fsp3) is 0. The Morgan fingerprint density at radius 3 is 2.71 bits per heavy atom. The third-order valence-corrected chi connectivity index (χ3v) is 3.35. The zero-order valence-corrected chi connectivity index (χ0v) is 9.51. The monoisotopic (exact) mass is 270 g/mol. The average Bonchev–Trinajstić information content (AvgIpc) is 2.17. The summed E-state index contributed by atoms with van der Waals surface area (Å²) in [5.74, 6) is 0. The molecule has 0 aliphatic rings. The van der Waals surface area contributed by atoms with Crippen molar-refractivity contribution in [2.45, 2.75) is 4.90 Å². The minimum absolute atomic E-state index is 0.426. The molecule has 2 nitrogen and oxygen atoms in total. The van der Waals surface area contributed by atoms with Gasteiger partial charge in [0.1, 0.15) is 0 Å². The van der Waals surface area contributed by atoms with Gasteiger partial charge in [0.05, 0.1) is 4.90 Å². The smallest absolute Gasteiger partial charge is 0.186 e. The Morgan fingerprint density at radius 1 is 1.21 bits per heavy atom. The summed E-state index contributed by atoms with van der Waals surface area (Å²) in [6, 6.07) is 11.0. The Bertz CT molecular complexity index is 510. The van der Waals surface area contributed by atoms with Crippen LogP contribution in [0.1, 0.15) is 0 Å². The predicted octanol–water partition coefficient (Wildman–Crippen LogP) is 3.18. The van der Waals surface area contributed by atoms with E-state index in [-0.39, 0.29) is 0 Å². The van der Waals surface area contributed by atoms with E-state index < -0.39 is 11.1 Å². The maximum Gasteiger partial charge on any atom is 0.186 e. The van der Waals surface area contributed by atoms with Crippen molar-refractivity contribution in [2.75, 3.05) is 0 Å². The van der Waals surface area contributed by atoms with Gasteiger partial charge in [-0.25, -0.2) is 4.21 Å². The van der Waals surface area contributed by atoms with Crippen LogP contribution in [0.2, 0.25) is 0 Å². The summed E-state index contributed by atoms with van der Waals surface area (Å²) in [7, 11) is 0. The number of benzene rings is 2. The SMILES string of the molecule is O=S(O)c1ccc2c(Br)cccc2c1. The predicted molar refractivity (Wildman–Crippen MR) is 60.7 cm³/mol. The molecule has 0 heterocycles. The molecule has 0 aliphatic carbocycles. The lowest BCUT2D eigenvalue weighted by atomic mass is 10.1. The molecule has 0 radical (unpaired) electrons. The highest BCUT2D eigenvalue weighted by atomic mass is 79.9. The van der Waals surface area contributed by atoms with E-state index in [0.717, 1.165) is 15.2 Å². The van der Waals surface area contributed by atoms with Gasteiger partial charge in [-0.15, -0.1) is 0 Å². The average molecular weight is 271 g/mol. The van der Waals surface area contributed by atoms with Gasteiger partial charge in [-0.05, 0) is 29.0 Å². The van der Waals surface area contributed by atoms with E-state index >= 15 is 0 Å². The van der Waals surface area contributed by atoms with Crippen molar-refractivity contribution in [1.29, 1.82) is 0 Å². The van der Waals surface area contributed by atoms with Gasteiger partial charge in [-0.3, -0.25) is 0 Å². The minimum Gasteiger partial charge on any atom is -0.302 e. The van der Waals surface area contributed by atoms with Crippen LogP contribution in [0.15, 0.2) is 45.8 Å². The lowest BCUT2D eigenvalue weighted by Crippen LogP contribution is -1.87. The summed E-state index contributed by atoms with van der Waals surface area (Å²) in [6.07, 6.45) is 0. The van der Waals surface area contributed by atoms with Gasteiger partial charge in [0.2, 0.25) is 0 Å². The van der Waals surface area contributed by atoms with Crippen LogP contribution in [0.25, 0.3) is 10.8 Å².